The summed E-state index contributed by atoms with van der Waals surface area (Å²) in [5.74, 6) is 1.23. The van der Waals surface area contributed by atoms with Crippen molar-refractivity contribution < 1.29 is 14.3 Å². The van der Waals surface area contributed by atoms with E-state index < -0.39 is 0 Å². The van der Waals surface area contributed by atoms with Crippen LogP contribution in [0.4, 0.5) is 0 Å². The number of para-hydroxylation sites is 1. The molecular formula is C22H24N2O4. The first-order valence-electron chi connectivity index (χ1n) is 9.12. The summed E-state index contributed by atoms with van der Waals surface area (Å²) in [6.07, 6.45) is 1.59. The maximum absolute atomic E-state index is 12.9. The summed E-state index contributed by atoms with van der Waals surface area (Å²) in [6, 6.07) is 14.5. The van der Waals surface area contributed by atoms with Crippen LogP contribution in [0, 0.1) is 0 Å². The lowest BCUT2D eigenvalue weighted by atomic mass is 10.1. The number of nitrogens with zero attached hydrogens (tertiary/aromatic N) is 1. The first-order valence-corrected chi connectivity index (χ1v) is 9.12. The monoisotopic (exact) mass is 380 g/mol. The Morgan fingerprint density at radius 2 is 1.79 bits per heavy atom. The summed E-state index contributed by atoms with van der Waals surface area (Å²) >= 11 is 0. The van der Waals surface area contributed by atoms with Crippen LogP contribution in [0.15, 0.2) is 53.3 Å². The zero-order valence-electron chi connectivity index (χ0n) is 16.3. The molecule has 3 aromatic rings. The van der Waals surface area contributed by atoms with Gasteiger partial charge in [0.2, 0.25) is 5.56 Å². The zero-order valence-corrected chi connectivity index (χ0v) is 16.3. The largest absolute Gasteiger partial charge is 0.493 e. The first kappa shape index (κ1) is 19.5. The van der Waals surface area contributed by atoms with E-state index in [1.165, 1.54) is 6.07 Å². The van der Waals surface area contributed by atoms with Gasteiger partial charge in [-0.05, 0) is 36.6 Å². The number of benzene rings is 2. The van der Waals surface area contributed by atoms with Crippen LogP contribution in [0.3, 0.4) is 0 Å². The van der Waals surface area contributed by atoms with E-state index >= 15 is 0 Å². The van der Waals surface area contributed by atoms with E-state index in [0.717, 1.165) is 23.8 Å². The van der Waals surface area contributed by atoms with Gasteiger partial charge in [0.1, 0.15) is 0 Å². The smallest absolute Gasteiger partial charge is 0.254 e. The predicted molar refractivity (Wildman–Crippen MR) is 109 cm³/mol. The van der Waals surface area contributed by atoms with Crippen molar-refractivity contribution in [3.8, 4) is 11.5 Å². The third kappa shape index (κ3) is 4.17. The quantitative estimate of drug-likeness (QED) is 0.683. The van der Waals surface area contributed by atoms with Crippen LogP contribution in [0.25, 0.3) is 10.9 Å². The molecule has 0 spiro atoms. The number of hydrogen-bond acceptors (Lipinski definition) is 4. The summed E-state index contributed by atoms with van der Waals surface area (Å²) in [4.78, 5) is 29.2. The highest BCUT2D eigenvalue weighted by Gasteiger charge is 2.16. The lowest BCUT2D eigenvalue weighted by molar-refractivity contribution is 0.0795. The minimum absolute atomic E-state index is 0.158. The third-order valence-corrected chi connectivity index (χ3v) is 4.73. The number of aryl methyl sites for hydroxylation is 1. The molecule has 0 fully saturated rings. The topological polar surface area (TPSA) is 71.6 Å². The van der Waals surface area contributed by atoms with Crippen LogP contribution in [0.5, 0.6) is 11.5 Å². The van der Waals surface area contributed by atoms with Crippen LogP contribution in [0.1, 0.15) is 22.3 Å². The molecule has 0 bridgehead atoms. The summed E-state index contributed by atoms with van der Waals surface area (Å²) < 4.78 is 10.6. The summed E-state index contributed by atoms with van der Waals surface area (Å²) in [5.41, 5.74) is 1.92. The predicted octanol–water partition coefficient (Wildman–Crippen LogP) is 3.25. The lowest BCUT2D eigenvalue weighted by Gasteiger charge is -2.18. The second-order valence-electron chi connectivity index (χ2n) is 6.61. The second kappa shape index (κ2) is 8.61. The maximum Gasteiger partial charge on any atom is 0.254 e. The number of aromatic amines is 1. The minimum atomic E-state index is -0.277. The summed E-state index contributed by atoms with van der Waals surface area (Å²) in [6.45, 7) is 0.578. The van der Waals surface area contributed by atoms with Gasteiger partial charge in [0.25, 0.3) is 5.91 Å². The molecule has 6 heteroatoms. The van der Waals surface area contributed by atoms with Gasteiger partial charge in [-0.2, -0.15) is 0 Å². The van der Waals surface area contributed by atoms with Crippen molar-refractivity contribution in [3.63, 3.8) is 0 Å². The van der Waals surface area contributed by atoms with Gasteiger partial charge >= 0.3 is 0 Å². The number of aromatic nitrogens is 1. The normalized spacial score (nSPS) is 10.7. The Kier molecular flexibility index (Phi) is 5.99. The molecule has 0 aliphatic heterocycles. The molecule has 28 heavy (non-hydrogen) atoms. The Hall–Kier alpha value is -3.28. The molecule has 2 aromatic carbocycles. The Morgan fingerprint density at radius 3 is 2.54 bits per heavy atom. The highest BCUT2D eigenvalue weighted by molar-refractivity contribution is 6.05. The Balaban J connectivity index is 1.68. The Bertz CT molecular complexity index is 1040. The highest BCUT2D eigenvalue weighted by atomic mass is 16.5. The zero-order chi connectivity index (χ0) is 20.1. The van der Waals surface area contributed by atoms with Gasteiger partial charge < -0.3 is 19.4 Å². The number of carbonyl (C=O) groups excluding carboxylic acids is 1. The fraction of sp³-hybridized carbons (Fsp3) is 0.273. The number of methoxy groups -OCH3 is 2. The lowest BCUT2D eigenvalue weighted by Crippen LogP contribution is -2.29. The van der Waals surface area contributed by atoms with E-state index in [9.17, 15) is 9.59 Å². The van der Waals surface area contributed by atoms with Crippen molar-refractivity contribution in [1.82, 2.24) is 9.88 Å². The molecule has 0 aliphatic rings. The van der Waals surface area contributed by atoms with Crippen LogP contribution in [-0.2, 0) is 6.42 Å². The fourth-order valence-corrected chi connectivity index (χ4v) is 3.25. The fourth-order valence-electron chi connectivity index (χ4n) is 3.25. The number of H-pyrrole nitrogens is 1. The van der Waals surface area contributed by atoms with Gasteiger partial charge in [0.05, 0.1) is 19.8 Å². The van der Waals surface area contributed by atoms with E-state index in [4.69, 9.17) is 9.47 Å². The number of amides is 1. The molecule has 0 saturated carbocycles. The van der Waals surface area contributed by atoms with Crippen LogP contribution in [-0.4, -0.2) is 43.6 Å². The molecule has 0 atom stereocenters. The molecular weight excluding hydrogens is 356 g/mol. The molecule has 0 unspecified atom stereocenters. The summed E-state index contributed by atoms with van der Waals surface area (Å²) in [7, 11) is 4.98. The van der Waals surface area contributed by atoms with Crippen molar-refractivity contribution in [1.29, 1.82) is 0 Å². The average molecular weight is 380 g/mol. The van der Waals surface area contributed by atoms with E-state index in [-0.39, 0.29) is 11.5 Å². The van der Waals surface area contributed by atoms with Gasteiger partial charge in [0.15, 0.2) is 11.5 Å². The average Bonchev–Trinajstić information content (AvgIpc) is 2.72. The van der Waals surface area contributed by atoms with E-state index in [1.54, 1.807) is 32.2 Å². The first-order chi connectivity index (χ1) is 13.5. The Labute approximate surface area is 163 Å². The molecule has 6 nitrogen and oxygen atoms in total. The summed E-state index contributed by atoms with van der Waals surface area (Å²) in [5, 5.41) is 0.749. The molecule has 0 saturated heterocycles. The number of ether oxygens (including phenoxy) is 2. The number of carbonyl (C=O) groups is 1. The molecule has 146 valence electrons. The molecule has 0 aliphatic carbocycles. The molecule has 1 aromatic heterocycles. The number of rotatable bonds is 7. The van der Waals surface area contributed by atoms with Gasteiger partial charge in [-0.15, -0.1) is 0 Å². The third-order valence-electron chi connectivity index (χ3n) is 4.73. The van der Waals surface area contributed by atoms with Gasteiger partial charge in [-0.1, -0.05) is 24.3 Å². The van der Waals surface area contributed by atoms with Crippen molar-refractivity contribution >= 4 is 16.8 Å². The number of fused-ring (bicyclic) bond motifs is 1. The number of pyridine rings is 1. The standard InChI is InChI=1S/C22H24N2O4/c1-24(12-6-7-15-10-11-19(27-2)20(13-15)28-3)22(26)17-14-21(25)23-18-9-5-4-8-16(17)18/h4-5,8-11,13-14H,6-7,12H2,1-3H3,(H,23,25). The highest BCUT2D eigenvalue weighted by Crippen LogP contribution is 2.28. The molecule has 3 rings (SSSR count). The van der Waals surface area contributed by atoms with E-state index in [1.807, 2.05) is 36.4 Å². The SMILES string of the molecule is COc1ccc(CCCN(C)C(=O)c2cc(=O)[nH]c3ccccc23)cc1OC. The minimum Gasteiger partial charge on any atom is -0.493 e. The van der Waals surface area contributed by atoms with E-state index in [0.29, 0.717) is 29.1 Å². The molecule has 1 amide bonds. The van der Waals surface area contributed by atoms with Crippen LogP contribution >= 0.6 is 0 Å². The van der Waals surface area contributed by atoms with Crippen molar-refractivity contribution in [2.45, 2.75) is 12.8 Å². The van der Waals surface area contributed by atoms with Gasteiger partial charge in [0, 0.05) is 30.6 Å². The van der Waals surface area contributed by atoms with Crippen molar-refractivity contribution in [2.75, 3.05) is 27.8 Å². The molecule has 1 heterocycles. The van der Waals surface area contributed by atoms with Gasteiger partial charge in [-0.3, -0.25) is 9.59 Å². The number of nitrogens with one attached hydrogen (secondary N) is 1. The van der Waals surface area contributed by atoms with Crippen LogP contribution in [0.2, 0.25) is 0 Å². The van der Waals surface area contributed by atoms with Crippen LogP contribution < -0.4 is 15.0 Å². The second-order valence-corrected chi connectivity index (χ2v) is 6.61. The molecule has 0 radical (unpaired) electrons. The van der Waals surface area contributed by atoms with E-state index in [2.05, 4.69) is 4.98 Å². The van der Waals surface area contributed by atoms with Crippen molar-refractivity contribution in [2.24, 2.45) is 0 Å². The maximum atomic E-state index is 12.9. The Morgan fingerprint density at radius 1 is 1.04 bits per heavy atom. The van der Waals surface area contributed by atoms with Gasteiger partial charge in [-0.25, -0.2) is 0 Å². The number of hydrogen-bond donors (Lipinski definition) is 1. The van der Waals surface area contributed by atoms with Crippen molar-refractivity contribution in [3.05, 3.63) is 70.0 Å². The molecule has 1 N–H and O–H groups in total.